The molecule has 10 heteroatoms. The first-order valence-electron chi connectivity index (χ1n) is 10.8. The summed E-state index contributed by atoms with van der Waals surface area (Å²) in [7, 11) is 0. The van der Waals surface area contributed by atoms with Crippen LogP contribution in [0.3, 0.4) is 0 Å². The van der Waals surface area contributed by atoms with Crippen molar-refractivity contribution in [2.45, 2.75) is 33.3 Å². The van der Waals surface area contributed by atoms with Crippen LogP contribution in [0.15, 0.2) is 24.3 Å². The van der Waals surface area contributed by atoms with E-state index in [1.807, 2.05) is 45.0 Å². The number of carbonyl (C=O) groups excluding carboxylic acids is 2. The van der Waals surface area contributed by atoms with Crippen LogP contribution in [0.2, 0.25) is 0 Å². The first-order chi connectivity index (χ1) is 15.3. The molecular formula is C22H31N5O5. The zero-order valence-electron chi connectivity index (χ0n) is 19.1. The van der Waals surface area contributed by atoms with Gasteiger partial charge < -0.3 is 19.1 Å². The van der Waals surface area contributed by atoms with Gasteiger partial charge in [-0.05, 0) is 39.8 Å². The van der Waals surface area contributed by atoms with E-state index in [0.717, 1.165) is 13.1 Å². The lowest BCUT2D eigenvalue weighted by Crippen LogP contribution is -2.50. The van der Waals surface area contributed by atoms with Crippen molar-refractivity contribution in [2.24, 2.45) is 0 Å². The highest BCUT2D eigenvalue weighted by atomic mass is 16.6. The number of carbonyl (C=O) groups is 2. The number of para-hydroxylation sites is 1. The molecule has 0 unspecified atom stereocenters. The quantitative estimate of drug-likeness (QED) is 0.648. The highest BCUT2D eigenvalue weighted by molar-refractivity contribution is 5.94. The largest absolute Gasteiger partial charge is 0.492 e. The molecule has 0 atom stereocenters. The lowest BCUT2D eigenvalue weighted by atomic mass is 10.1. The van der Waals surface area contributed by atoms with Gasteiger partial charge in [0.15, 0.2) is 5.69 Å². The second kappa shape index (κ2) is 10.4. The van der Waals surface area contributed by atoms with Crippen molar-refractivity contribution in [1.82, 2.24) is 25.2 Å². The van der Waals surface area contributed by atoms with Gasteiger partial charge in [0.2, 0.25) is 0 Å². The average molecular weight is 446 g/mol. The Labute approximate surface area is 187 Å². The zero-order chi connectivity index (χ0) is 23.1. The van der Waals surface area contributed by atoms with Crippen molar-refractivity contribution in [3.05, 3.63) is 30.0 Å². The van der Waals surface area contributed by atoms with Crippen molar-refractivity contribution in [2.75, 3.05) is 45.9 Å². The molecule has 1 aromatic carbocycles. The summed E-state index contributed by atoms with van der Waals surface area (Å²) in [5, 5.41) is 10.5. The average Bonchev–Trinajstić information content (AvgIpc) is 3.23. The summed E-state index contributed by atoms with van der Waals surface area (Å²) >= 11 is 0. The van der Waals surface area contributed by atoms with Gasteiger partial charge in [0.05, 0.1) is 6.61 Å². The fourth-order valence-corrected chi connectivity index (χ4v) is 3.31. The van der Waals surface area contributed by atoms with Gasteiger partial charge in [-0.25, -0.2) is 9.59 Å². The third-order valence-corrected chi connectivity index (χ3v) is 4.85. The van der Waals surface area contributed by atoms with Gasteiger partial charge in [-0.1, -0.05) is 12.1 Å². The summed E-state index contributed by atoms with van der Waals surface area (Å²) in [6.45, 7) is 11.5. The van der Waals surface area contributed by atoms with Crippen molar-refractivity contribution >= 4 is 12.1 Å². The number of amides is 1. The number of rotatable bonds is 7. The summed E-state index contributed by atoms with van der Waals surface area (Å²) in [6.07, 6.45) is -0.271. The number of nitrogens with zero attached hydrogens (tertiary/aromatic N) is 4. The van der Waals surface area contributed by atoms with E-state index in [1.54, 1.807) is 11.8 Å². The van der Waals surface area contributed by atoms with Gasteiger partial charge in [-0.3, -0.25) is 4.90 Å². The molecule has 2 aromatic rings. The second-order valence-corrected chi connectivity index (χ2v) is 8.39. The molecule has 1 fully saturated rings. The number of esters is 1. The number of nitrogens with one attached hydrogen (secondary N) is 1. The predicted octanol–water partition coefficient (Wildman–Crippen LogP) is 2.58. The van der Waals surface area contributed by atoms with Crippen LogP contribution in [-0.4, -0.2) is 88.8 Å². The fraction of sp³-hybridized carbons (Fsp3) is 0.545. The maximum Gasteiger partial charge on any atom is 0.410 e. The van der Waals surface area contributed by atoms with Gasteiger partial charge >= 0.3 is 12.1 Å². The minimum Gasteiger partial charge on any atom is -0.492 e. The molecule has 1 aromatic heterocycles. The van der Waals surface area contributed by atoms with Crippen LogP contribution in [-0.2, 0) is 9.47 Å². The van der Waals surface area contributed by atoms with E-state index in [0.29, 0.717) is 43.2 Å². The molecule has 1 amide bonds. The third-order valence-electron chi connectivity index (χ3n) is 4.85. The van der Waals surface area contributed by atoms with Crippen LogP contribution in [0, 0.1) is 0 Å². The second-order valence-electron chi connectivity index (χ2n) is 8.39. The Morgan fingerprint density at radius 3 is 2.50 bits per heavy atom. The number of ether oxygens (including phenoxy) is 3. The van der Waals surface area contributed by atoms with Crippen molar-refractivity contribution in [3.63, 3.8) is 0 Å². The summed E-state index contributed by atoms with van der Waals surface area (Å²) in [5.74, 6) is 0.0771. The van der Waals surface area contributed by atoms with Crippen LogP contribution in [0.4, 0.5) is 4.79 Å². The highest BCUT2D eigenvalue weighted by Gasteiger charge is 2.26. The van der Waals surface area contributed by atoms with Crippen LogP contribution in [0.5, 0.6) is 5.75 Å². The Balaban J connectivity index is 1.54. The lowest BCUT2D eigenvalue weighted by molar-refractivity contribution is 0.0137. The maximum atomic E-state index is 12.2. The van der Waals surface area contributed by atoms with E-state index in [1.165, 1.54) is 0 Å². The molecule has 0 aliphatic carbocycles. The van der Waals surface area contributed by atoms with E-state index in [-0.39, 0.29) is 18.4 Å². The molecule has 0 spiro atoms. The van der Waals surface area contributed by atoms with E-state index in [4.69, 9.17) is 14.2 Å². The standard InChI is InChI=1S/C22H31N5O5/c1-5-30-20(28)19-18(23-25-24-19)16-8-6-7-9-17(16)31-15-14-26-10-12-27(13-11-26)21(29)32-22(2,3)4/h6-9H,5,10-15H2,1-4H3,(H,23,24,25). The Kier molecular flexibility index (Phi) is 7.68. The van der Waals surface area contributed by atoms with Crippen LogP contribution < -0.4 is 4.74 Å². The van der Waals surface area contributed by atoms with Crippen LogP contribution in [0.25, 0.3) is 11.3 Å². The molecule has 32 heavy (non-hydrogen) atoms. The first-order valence-corrected chi connectivity index (χ1v) is 10.8. The molecule has 174 valence electrons. The SMILES string of the molecule is CCOC(=O)c1n[nH]nc1-c1ccccc1OCCN1CCN(C(=O)OC(C)(C)C)CC1. The van der Waals surface area contributed by atoms with E-state index >= 15 is 0 Å². The molecule has 0 radical (unpaired) electrons. The molecule has 1 aliphatic heterocycles. The number of aromatic amines is 1. The zero-order valence-corrected chi connectivity index (χ0v) is 19.1. The molecule has 1 aliphatic rings. The van der Waals surface area contributed by atoms with E-state index < -0.39 is 11.6 Å². The third kappa shape index (κ3) is 6.19. The van der Waals surface area contributed by atoms with Gasteiger partial charge in [0.1, 0.15) is 23.7 Å². The minimum atomic E-state index is -0.533. The normalized spacial score (nSPS) is 14.8. The molecule has 2 heterocycles. The lowest BCUT2D eigenvalue weighted by Gasteiger charge is -2.35. The molecule has 0 saturated carbocycles. The molecule has 3 rings (SSSR count). The van der Waals surface area contributed by atoms with Crippen LogP contribution in [0.1, 0.15) is 38.2 Å². The molecule has 1 N–H and O–H groups in total. The predicted molar refractivity (Wildman–Crippen MR) is 118 cm³/mol. The van der Waals surface area contributed by atoms with Gasteiger partial charge in [0, 0.05) is 38.3 Å². The topological polar surface area (TPSA) is 110 Å². The number of hydrogen-bond acceptors (Lipinski definition) is 8. The molecule has 1 saturated heterocycles. The van der Waals surface area contributed by atoms with Crippen molar-refractivity contribution in [1.29, 1.82) is 0 Å². The van der Waals surface area contributed by atoms with Crippen molar-refractivity contribution < 1.29 is 23.8 Å². The summed E-state index contributed by atoms with van der Waals surface area (Å²) in [4.78, 5) is 28.3. The molecule has 0 bridgehead atoms. The molecule has 10 nitrogen and oxygen atoms in total. The Hall–Kier alpha value is -3.14. The van der Waals surface area contributed by atoms with Gasteiger partial charge in [-0.2, -0.15) is 10.3 Å². The van der Waals surface area contributed by atoms with Gasteiger partial charge in [0.25, 0.3) is 0 Å². The van der Waals surface area contributed by atoms with Crippen molar-refractivity contribution in [3.8, 4) is 17.0 Å². The number of aromatic nitrogens is 3. The Morgan fingerprint density at radius 1 is 1.09 bits per heavy atom. The van der Waals surface area contributed by atoms with Gasteiger partial charge in [-0.15, -0.1) is 5.10 Å². The summed E-state index contributed by atoms with van der Waals surface area (Å²) in [6, 6.07) is 7.37. The number of piperazine rings is 1. The Bertz CT molecular complexity index is 915. The minimum absolute atomic E-state index is 0.126. The number of benzene rings is 1. The number of hydrogen-bond donors (Lipinski definition) is 1. The fourth-order valence-electron chi connectivity index (χ4n) is 3.31. The maximum absolute atomic E-state index is 12.2. The van der Waals surface area contributed by atoms with Crippen LogP contribution >= 0.6 is 0 Å². The van der Waals surface area contributed by atoms with E-state index in [2.05, 4.69) is 20.3 Å². The number of H-pyrrole nitrogens is 1. The summed E-state index contributed by atoms with van der Waals surface area (Å²) in [5.41, 5.74) is 0.692. The monoisotopic (exact) mass is 445 g/mol. The molecular weight excluding hydrogens is 414 g/mol. The summed E-state index contributed by atoms with van der Waals surface area (Å²) < 4.78 is 16.5. The smallest absolute Gasteiger partial charge is 0.410 e. The first kappa shape index (κ1) is 23.5. The van der Waals surface area contributed by atoms with E-state index in [9.17, 15) is 9.59 Å². The highest BCUT2D eigenvalue weighted by Crippen LogP contribution is 2.30. The Morgan fingerprint density at radius 2 is 1.81 bits per heavy atom.